The third-order valence-electron chi connectivity index (χ3n) is 6.08. The zero-order valence-electron chi connectivity index (χ0n) is 19.6. The highest BCUT2D eigenvalue weighted by Gasteiger charge is 2.43. The van der Waals surface area contributed by atoms with E-state index in [1.54, 1.807) is 32.0 Å². The molecule has 0 saturated heterocycles. The number of aromatic nitrogens is 5. The first-order valence-corrected chi connectivity index (χ1v) is 11.2. The van der Waals surface area contributed by atoms with Crippen LogP contribution in [0.5, 0.6) is 0 Å². The van der Waals surface area contributed by atoms with Crippen LogP contribution in [0.2, 0.25) is 0 Å². The second-order valence-corrected chi connectivity index (χ2v) is 9.11. The van der Waals surface area contributed by atoms with Crippen molar-refractivity contribution in [3.05, 3.63) is 59.3 Å². The third kappa shape index (κ3) is 4.56. The summed E-state index contributed by atoms with van der Waals surface area (Å²) < 4.78 is 68.2. The molecule has 0 bridgehead atoms. The number of hydrogen-bond donors (Lipinski definition) is 2. The molecule has 1 aliphatic rings. The molecule has 1 amide bonds. The van der Waals surface area contributed by atoms with Crippen LogP contribution in [0.15, 0.2) is 36.5 Å². The first-order chi connectivity index (χ1) is 17.4. The van der Waals surface area contributed by atoms with E-state index in [2.05, 4.69) is 30.7 Å². The van der Waals surface area contributed by atoms with Gasteiger partial charge >= 0.3 is 6.18 Å². The van der Waals surface area contributed by atoms with Gasteiger partial charge in [0.25, 0.3) is 0 Å². The molecule has 1 aromatic carbocycles. The monoisotopic (exact) mass is 517 g/mol. The second-order valence-electron chi connectivity index (χ2n) is 9.11. The zero-order chi connectivity index (χ0) is 26.5. The van der Waals surface area contributed by atoms with Crippen molar-refractivity contribution in [1.82, 2.24) is 24.7 Å². The number of amides is 1. The van der Waals surface area contributed by atoms with Crippen LogP contribution in [-0.2, 0) is 16.8 Å². The predicted octanol–water partition coefficient (Wildman–Crippen LogP) is 4.81. The molecule has 4 heterocycles. The number of hydrogen-bond acceptors (Lipinski definition) is 6. The van der Waals surface area contributed by atoms with E-state index in [0.29, 0.717) is 11.1 Å². The first-order valence-electron chi connectivity index (χ1n) is 11.2. The minimum Gasteiger partial charge on any atom is -0.369 e. The molecule has 0 saturated carbocycles. The number of carbonyl (C=O) groups excluding carboxylic acids is 1. The molecule has 13 heteroatoms. The Balaban J connectivity index is 1.64. The Labute approximate surface area is 206 Å². The summed E-state index contributed by atoms with van der Waals surface area (Å²) in [5.41, 5.74) is -0.210. The largest absolute Gasteiger partial charge is 0.390 e. The maximum Gasteiger partial charge on any atom is 0.390 e. The Morgan fingerprint density at radius 3 is 2.62 bits per heavy atom. The molecule has 8 nitrogen and oxygen atoms in total. The number of fused-ring (bicyclic) bond motifs is 2. The van der Waals surface area contributed by atoms with E-state index in [9.17, 15) is 26.7 Å². The lowest BCUT2D eigenvalue weighted by atomic mass is 9.87. The van der Waals surface area contributed by atoms with Crippen molar-refractivity contribution < 1.29 is 26.7 Å². The van der Waals surface area contributed by atoms with Gasteiger partial charge in [-0.2, -0.15) is 18.3 Å². The van der Waals surface area contributed by atoms with Crippen molar-refractivity contribution in [2.75, 3.05) is 17.2 Å². The SMILES string of the molecule is CC1(C)C(=O)Nc2nc(-c3nn(Cc4ccccc4F)c4ncc(F)cc34)nc(NCCC(F)(F)F)c21. The summed E-state index contributed by atoms with van der Waals surface area (Å²) in [6.07, 6.45) is -4.54. The van der Waals surface area contributed by atoms with E-state index in [1.165, 1.54) is 16.8 Å². The minimum atomic E-state index is -4.40. The van der Waals surface area contributed by atoms with E-state index in [1.807, 2.05) is 0 Å². The van der Waals surface area contributed by atoms with Gasteiger partial charge in [-0.3, -0.25) is 4.79 Å². The van der Waals surface area contributed by atoms with Crippen molar-refractivity contribution in [2.24, 2.45) is 0 Å². The predicted molar refractivity (Wildman–Crippen MR) is 125 cm³/mol. The molecule has 0 aliphatic carbocycles. The molecule has 5 rings (SSSR count). The highest BCUT2D eigenvalue weighted by molar-refractivity contribution is 6.06. The molecule has 0 atom stereocenters. The van der Waals surface area contributed by atoms with Crippen molar-refractivity contribution in [3.63, 3.8) is 0 Å². The zero-order valence-corrected chi connectivity index (χ0v) is 19.6. The van der Waals surface area contributed by atoms with Gasteiger partial charge in [-0.15, -0.1) is 0 Å². The molecule has 0 fully saturated rings. The summed E-state index contributed by atoms with van der Waals surface area (Å²) >= 11 is 0. The number of anilines is 2. The van der Waals surface area contributed by atoms with Crippen molar-refractivity contribution >= 4 is 28.6 Å². The average Bonchev–Trinajstić information content (AvgIpc) is 3.27. The molecule has 0 spiro atoms. The molecule has 192 valence electrons. The van der Waals surface area contributed by atoms with Crippen molar-refractivity contribution in [2.45, 2.75) is 38.4 Å². The third-order valence-corrected chi connectivity index (χ3v) is 6.08. The summed E-state index contributed by atoms with van der Waals surface area (Å²) in [7, 11) is 0. The number of benzene rings is 1. The number of pyridine rings is 1. The fraction of sp³-hybridized carbons (Fsp3) is 0.292. The highest BCUT2D eigenvalue weighted by atomic mass is 19.4. The van der Waals surface area contributed by atoms with Gasteiger partial charge in [-0.25, -0.2) is 28.4 Å². The Morgan fingerprint density at radius 2 is 1.89 bits per heavy atom. The van der Waals surface area contributed by atoms with E-state index in [4.69, 9.17) is 0 Å². The van der Waals surface area contributed by atoms with Crippen LogP contribution in [0.3, 0.4) is 0 Å². The standard InChI is InChI=1S/C24H20F5N7O/c1-23(2)16-18(30-8-7-24(27,28)29)32-20(33-19(16)34-22(23)37)17-14-9-13(25)10-31-21(14)36(35-17)11-12-5-3-4-6-15(12)26/h3-6,9-10H,7-8,11H2,1-2H3,(H2,30,32,33,34,37). The number of nitrogens with one attached hydrogen (secondary N) is 2. The van der Waals surface area contributed by atoms with Gasteiger partial charge in [0.1, 0.15) is 29.0 Å². The summed E-state index contributed by atoms with van der Waals surface area (Å²) in [5, 5.41) is 9.96. The molecule has 2 N–H and O–H groups in total. The maximum atomic E-state index is 14.3. The van der Waals surface area contributed by atoms with Crippen LogP contribution >= 0.6 is 0 Å². The van der Waals surface area contributed by atoms with Gasteiger partial charge in [0.2, 0.25) is 5.91 Å². The van der Waals surface area contributed by atoms with E-state index < -0.39 is 42.1 Å². The van der Waals surface area contributed by atoms with Gasteiger partial charge in [-0.1, -0.05) is 18.2 Å². The van der Waals surface area contributed by atoms with Gasteiger partial charge < -0.3 is 10.6 Å². The van der Waals surface area contributed by atoms with Crippen LogP contribution in [0.1, 0.15) is 31.4 Å². The maximum absolute atomic E-state index is 14.3. The Hall–Kier alpha value is -4.16. The molecule has 1 aliphatic heterocycles. The lowest BCUT2D eigenvalue weighted by Gasteiger charge is -2.19. The first kappa shape index (κ1) is 24.5. The summed E-state index contributed by atoms with van der Waals surface area (Å²) in [6, 6.07) is 7.23. The van der Waals surface area contributed by atoms with Crippen LogP contribution in [-0.4, -0.2) is 43.4 Å². The topological polar surface area (TPSA) is 97.6 Å². The quantitative estimate of drug-likeness (QED) is 0.357. The van der Waals surface area contributed by atoms with E-state index in [0.717, 1.165) is 6.20 Å². The lowest BCUT2D eigenvalue weighted by Crippen LogP contribution is -2.28. The smallest absolute Gasteiger partial charge is 0.369 e. The van der Waals surface area contributed by atoms with Crippen molar-refractivity contribution in [3.8, 4) is 11.5 Å². The molecule has 3 aromatic heterocycles. The minimum absolute atomic E-state index is 0.0220. The van der Waals surface area contributed by atoms with Gasteiger partial charge in [0.15, 0.2) is 11.5 Å². The number of alkyl halides is 3. The Morgan fingerprint density at radius 1 is 1.14 bits per heavy atom. The molecular weight excluding hydrogens is 497 g/mol. The van der Waals surface area contributed by atoms with Crippen LogP contribution in [0.25, 0.3) is 22.6 Å². The fourth-order valence-corrected chi connectivity index (χ4v) is 4.17. The van der Waals surface area contributed by atoms with Crippen LogP contribution < -0.4 is 10.6 Å². The number of rotatable bonds is 6. The average molecular weight is 517 g/mol. The number of nitrogens with zero attached hydrogens (tertiary/aromatic N) is 5. The van der Waals surface area contributed by atoms with Gasteiger partial charge in [-0.05, 0) is 26.0 Å². The van der Waals surface area contributed by atoms with Crippen molar-refractivity contribution in [1.29, 1.82) is 0 Å². The van der Waals surface area contributed by atoms with Crippen LogP contribution in [0, 0.1) is 11.6 Å². The molecule has 4 aromatic rings. The highest BCUT2D eigenvalue weighted by Crippen LogP contribution is 2.42. The fourth-order valence-electron chi connectivity index (χ4n) is 4.17. The van der Waals surface area contributed by atoms with E-state index >= 15 is 0 Å². The van der Waals surface area contributed by atoms with E-state index in [-0.39, 0.29) is 40.7 Å². The summed E-state index contributed by atoms with van der Waals surface area (Å²) in [6.45, 7) is 2.68. The number of halogens is 5. The second kappa shape index (κ2) is 8.75. The normalized spacial score (nSPS) is 14.6. The lowest BCUT2D eigenvalue weighted by molar-refractivity contribution is -0.131. The summed E-state index contributed by atoms with van der Waals surface area (Å²) in [4.78, 5) is 25.5. The molecule has 0 radical (unpaired) electrons. The summed E-state index contributed by atoms with van der Waals surface area (Å²) in [5.74, 6) is -1.49. The van der Waals surface area contributed by atoms with Gasteiger partial charge in [0, 0.05) is 12.1 Å². The Bertz CT molecular complexity index is 1530. The number of carbonyl (C=O) groups is 1. The molecule has 0 unspecified atom stereocenters. The molecular formula is C24H20F5N7O. The Kier molecular flexibility index (Phi) is 5.80. The molecule has 37 heavy (non-hydrogen) atoms. The van der Waals surface area contributed by atoms with Gasteiger partial charge in [0.05, 0.1) is 35.5 Å². The van der Waals surface area contributed by atoms with Crippen LogP contribution in [0.4, 0.5) is 33.6 Å².